The van der Waals surface area contributed by atoms with E-state index in [4.69, 9.17) is 4.74 Å². The van der Waals surface area contributed by atoms with Gasteiger partial charge in [-0.2, -0.15) is 0 Å². The third kappa shape index (κ3) is 6.19. The minimum atomic E-state index is -3.17. The topological polar surface area (TPSA) is 75.7 Å². The Bertz CT molecular complexity index is 389. The van der Waals surface area contributed by atoms with Crippen LogP contribution in [0.3, 0.4) is 0 Å². The first kappa shape index (κ1) is 17.4. The molecule has 6 nitrogen and oxygen atoms in total. The van der Waals surface area contributed by atoms with Crippen molar-refractivity contribution in [2.45, 2.75) is 45.1 Å². The van der Waals surface area contributed by atoms with Crippen LogP contribution in [0.2, 0.25) is 0 Å². The molecule has 1 rings (SSSR count). The molecule has 0 spiro atoms. The number of nitrogens with zero attached hydrogens (tertiary/aromatic N) is 1. The molecule has 1 aliphatic heterocycles. The summed E-state index contributed by atoms with van der Waals surface area (Å²) in [5.74, 6) is 0.273. The van der Waals surface area contributed by atoms with E-state index in [1.807, 2.05) is 6.92 Å². The van der Waals surface area contributed by atoms with Crippen LogP contribution in [0.1, 0.15) is 39.0 Å². The fourth-order valence-electron chi connectivity index (χ4n) is 2.24. The van der Waals surface area contributed by atoms with Crippen LogP contribution in [0.25, 0.3) is 0 Å². The molecule has 1 heterocycles. The molecule has 0 aromatic heterocycles. The maximum absolute atomic E-state index is 11.8. The number of hydrogen-bond donors (Lipinski definition) is 1. The second-order valence-electron chi connectivity index (χ2n) is 5.19. The van der Waals surface area contributed by atoms with E-state index in [9.17, 15) is 13.2 Å². The number of piperidine rings is 1. The molecular weight excluding hydrogens is 280 g/mol. The molecule has 0 aliphatic carbocycles. The molecule has 0 atom stereocenters. The predicted octanol–water partition coefficient (Wildman–Crippen LogP) is 0.733. The van der Waals surface area contributed by atoms with E-state index in [2.05, 4.69) is 4.72 Å². The van der Waals surface area contributed by atoms with Gasteiger partial charge in [0.1, 0.15) is 0 Å². The number of carbonyl (C=O) groups is 1. The lowest BCUT2D eigenvalue weighted by atomic mass is 10.1. The minimum Gasteiger partial charge on any atom is -0.384 e. The fourth-order valence-corrected chi connectivity index (χ4v) is 3.77. The summed E-state index contributed by atoms with van der Waals surface area (Å²) in [6.45, 7) is 3.63. The largest absolute Gasteiger partial charge is 0.384 e. The van der Waals surface area contributed by atoms with Gasteiger partial charge in [0.15, 0.2) is 0 Å². The van der Waals surface area contributed by atoms with Crippen LogP contribution in [0.15, 0.2) is 0 Å². The van der Waals surface area contributed by atoms with Crippen LogP contribution in [-0.2, 0) is 19.6 Å². The van der Waals surface area contributed by atoms with Gasteiger partial charge in [-0.05, 0) is 19.3 Å². The molecule has 118 valence electrons. The Morgan fingerprint density at radius 3 is 2.55 bits per heavy atom. The molecule has 0 radical (unpaired) electrons. The van der Waals surface area contributed by atoms with E-state index in [-0.39, 0.29) is 17.7 Å². The molecule has 1 aliphatic rings. The number of ether oxygens (including phenoxy) is 1. The van der Waals surface area contributed by atoms with E-state index in [1.54, 1.807) is 12.0 Å². The van der Waals surface area contributed by atoms with Crippen molar-refractivity contribution in [1.82, 2.24) is 9.62 Å². The van der Waals surface area contributed by atoms with Gasteiger partial charge in [0.2, 0.25) is 15.9 Å². The first-order valence-corrected chi connectivity index (χ1v) is 8.90. The second kappa shape index (κ2) is 8.59. The number of likely N-dealkylation sites (tertiary alicyclic amines) is 1. The zero-order valence-electron chi connectivity index (χ0n) is 12.4. The number of carbonyl (C=O) groups excluding carboxylic acids is 1. The van der Waals surface area contributed by atoms with Crippen molar-refractivity contribution in [3.05, 3.63) is 0 Å². The maximum Gasteiger partial charge on any atom is 0.224 e. The Kier molecular flexibility index (Phi) is 7.47. The third-order valence-electron chi connectivity index (χ3n) is 3.48. The monoisotopic (exact) mass is 306 g/mol. The Morgan fingerprint density at radius 2 is 2.00 bits per heavy atom. The predicted molar refractivity (Wildman–Crippen MR) is 77.9 cm³/mol. The molecule has 1 N–H and O–H groups in total. The van der Waals surface area contributed by atoms with E-state index in [0.29, 0.717) is 45.4 Å². The maximum atomic E-state index is 11.8. The van der Waals surface area contributed by atoms with Crippen molar-refractivity contribution in [2.24, 2.45) is 0 Å². The van der Waals surface area contributed by atoms with Crippen LogP contribution in [0, 0.1) is 0 Å². The summed E-state index contributed by atoms with van der Waals surface area (Å²) in [4.78, 5) is 13.6. The molecular formula is C13H26N2O4S. The zero-order chi connectivity index (χ0) is 15.0. The van der Waals surface area contributed by atoms with Gasteiger partial charge in [0, 0.05) is 26.2 Å². The number of methoxy groups -OCH3 is 1. The lowest BCUT2D eigenvalue weighted by molar-refractivity contribution is -0.133. The summed E-state index contributed by atoms with van der Waals surface area (Å²) in [5, 5.41) is 0. The van der Waals surface area contributed by atoms with Crippen LogP contribution >= 0.6 is 0 Å². The average Bonchev–Trinajstić information content (AvgIpc) is 2.43. The van der Waals surface area contributed by atoms with Crippen molar-refractivity contribution in [1.29, 1.82) is 0 Å². The van der Waals surface area contributed by atoms with Crippen molar-refractivity contribution in [2.75, 3.05) is 32.6 Å². The summed E-state index contributed by atoms with van der Waals surface area (Å²) >= 11 is 0. The van der Waals surface area contributed by atoms with Crippen molar-refractivity contribution in [3.8, 4) is 0 Å². The highest BCUT2D eigenvalue weighted by Gasteiger charge is 2.25. The lowest BCUT2D eigenvalue weighted by Crippen LogP contribution is -2.47. The van der Waals surface area contributed by atoms with Gasteiger partial charge in [0.25, 0.3) is 0 Å². The standard InChI is InChI=1S/C13H26N2O4S/c1-3-4-11-20(17,18)14-12-5-8-15(9-6-12)13(16)7-10-19-2/h12,14H,3-11H2,1-2H3. The summed E-state index contributed by atoms with van der Waals surface area (Å²) in [5.41, 5.74) is 0. The van der Waals surface area contributed by atoms with E-state index in [0.717, 1.165) is 6.42 Å². The summed E-state index contributed by atoms with van der Waals surface area (Å²) in [7, 11) is -1.59. The van der Waals surface area contributed by atoms with Crippen molar-refractivity contribution >= 4 is 15.9 Å². The smallest absolute Gasteiger partial charge is 0.224 e. The number of unbranched alkanes of at least 4 members (excludes halogenated alkanes) is 1. The molecule has 0 unspecified atom stereocenters. The van der Waals surface area contributed by atoms with E-state index < -0.39 is 10.0 Å². The van der Waals surface area contributed by atoms with E-state index >= 15 is 0 Å². The highest BCUT2D eigenvalue weighted by molar-refractivity contribution is 7.89. The third-order valence-corrected chi connectivity index (χ3v) is 5.00. The molecule has 20 heavy (non-hydrogen) atoms. The zero-order valence-corrected chi connectivity index (χ0v) is 13.2. The Hall–Kier alpha value is -0.660. The second-order valence-corrected chi connectivity index (χ2v) is 7.06. The molecule has 1 fully saturated rings. The molecule has 0 aromatic rings. The quantitative estimate of drug-likeness (QED) is 0.717. The van der Waals surface area contributed by atoms with Gasteiger partial charge in [-0.3, -0.25) is 4.79 Å². The first-order chi connectivity index (χ1) is 9.48. The van der Waals surface area contributed by atoms with Gasteiger partial charge in [-0.1, -0.05) is 13.3 Å². The highest BCUT2D eigenvalue weighted by atomic mass is 32.2. The number of hydrogen-bond acceptors (Lipinski definition) is 4. The van der Waals surface area contributed by atoms with Gasteiger partial charge >= 0.3 is 0 Å². The summed E-state index contributed by atoms with van der Waals surface area (Å²) in [6.07, 6.45) is 3.31. The van der Waals surface area contributed by atoms with Gasteiger partial charge in [-0.15, -0.1) is 0 Å². The number of amides is 1. The molecule has 7 heteroatoms. The van der Waals surface area contributed by atoms with Crippen LogP contribution in [0.4, 0.5) is 0 Å². The molecule has 0 aromatic carbocycles. The summed E-state index contributed by atoms with van der Waals surface area (Å²) < 4.78 is 31.2. The highest BCUT2D eigenvalue weighted by Crippen LogP contribution is 2.13. The Balaban J connectivity index is 2.33. The number of rotatable bonds is 8. The minimum absolute atomic E-state index is 0.0386. The van der Waals surface area contributed by atoms with E-state index in [1.165, 1.54) is 0 Å². The number of sulfonamides is 1. The Morgan fingerprint density at radius 1 is 1.35 bits per heavy atom. The molecule has 0 saturated carbocycles. The number of nitrogens with one attached hydrogen (secondary N) is 1. The Labute approximate surface area is 121 Å². The lowest BCUT2D eigenvalue weighted by Gasteiger charge is -2.32. The fraction of sp³-hybridized carbons (Fsp3) is 0.923. The molecule has 1 amide bonds. The van der Waals surface area contributed by atoms with Crippen molar-refractivity contribution in [3.63, 3.8) is 0 Å². The first-order valence-electron chi connectivity index (χ1n) is 7.25. The SMILES string of the molecule is CCCCS(=O)(=O)NC1CCN(C(=O)CCOC)CC1. The molecule has 1 saturated heterocycles. The van der Waals surface area contributed by atoms with Crippen LogP contribution in [-0.4, -0.2) is 57.8 Å². The summed E-state index contributed by atoms with van der Waals surface area (Å²) in [6, 6.07) is -0.0386. The van der Waals surface area contributed by atoms with Crippen LogP contribution in [0.5, 0.6) is 0 Å². The molecule has 0 bridgehead atoms. The van der Waals surface area contributed by atoms with Gasteiger partial charge in [-0.25, -0.2) is 13.1 Å². The van der Waals surface area contributed by atoms with Crippen molar-refractivity contribution < 1.29 is 17.9 Å². The average molecular weight is 306 g/mol. The van der Waals surface area contributed by atoms with Gasteiger partial charge < -0.3 is 9.64 Å². The normalized spacial score (nSPS) is 17.4. The van der Waals surface area contributed by atoms with Crippen LogP contribution < -0.4 is 4.72 Å². The van der Waals surface area contributed by atoms with Gasteiger partial charge in [0.05, 0.1) is 18.8 Å².